The summed E-state index contributed by atoms with van der Waals surface area (Å²) in [7, 11) is 0. The molecule has 0 radical (unpaired) electrons. The molecular formula is C13H20N2O4. The Morgan fingerprint density at radius 3 is 2.74 bits per heavy atom. The van der Waals surface area contributed by atoms with Crippen LogP contribution in [0.3, 0.4) is 0 Å². The number of benzene rings is 1. The first-order chi connectivity index (χ1) is 9.12. The van der Waals surface area contributed by atoms with Gasteiger partial charge in [-0.25, -0.2) is 0 Å². The highest BCUT2D eigenvalue weighted by Crippen LogP contribution is 2.30. The second-order valence-corrected chi connectivity index (χ2v) is 4.13. The van der Waals surface area contributed by atoms with Crippen molar-refractivity contribution >= 4 is 11.4 Å². The fraction of sp³-hybridized carbons (Fsp3) is 0.538. The quantitative estimate of drug-likeness (QED) is 0.559. The molecule has 6 heteroatoms. The second-order valence-electron chi connectivity index (χ2n) is 4.13. The minimum Gasteiger partial charge on any atom is -0.487 e. The molecule has 19 heavy (non-hydrogen) atoms. The van der Waals surface area contributed by atoms with Gasteiger partial charge in [0, 0.05) is 30.5 Å². The van der Waals surface area contributed by atoms with Gasteiger partial charge in [0.1, 0.15) is 0 Å². The van der Waals surface area contributed by atoms with Crippen molar-refractivity contribution in [2.24, 2.45) is 0 Å². The van der Waals surface area contributed by atoms with E-state index in [1.807, 2.05) is 6.92 Å². The predicted octanol–water partition coefficient (Wildman–Crippen LogP) is 2.57. The molecule has 0 amide bonds. The van der Waals surface area contributed by atoms with Crippen LogP contribution in [-0.4, -0.2) is 29.3 Å². The summed E-state index contributed by atoms with van der Waals surface area (Å²) >= 11 is 0. The first-order valence-corrected chi connectivity index (χ1v) is 6.41. The van der Waals surface area contributed by atoms with Gasteiger partial charge in [-0.05, 0) is 25.8 Å². The van der Waals surface area contributed by atoms with Gasteiger partial charge in [0.2, 0.25) is 0 Å². The zero-order chi connectivity index (χ0) is 14.3. The molecule has 0 aromatic heterocycles. The number of anilines is 1. The Balaban J connectivity index is 2.91. The van der Waals surface area contributed by atoms with Crippen molar-refractivity contribution in [2.45, 2.75) is 32.7 Å². The Kier molecular flexibility index (Phi) is 6.08. The number of aliphatic hydroxyl groups is 1. The first-order valence-electron chi connectivity index (χ1n) is 6.41. The molecule has 0 heterocycles. The van der Waals surface area contributed by atoms with E-state index in [4.69, 9.17) is 9.84 Å². The van der Waals surface area contributed by atoms with Crippen molar-refractivity contribution in [3.63, 3.8) is 0 Å². The van der Waals surface area contributed by atoms with Crippen molar-refractivity contribution in [1.29, 1.82) is 0 Å². The lowest BCUT2D eigenvalue weighted by Gasteiger charge is -2.17. The van der Waals surface area contributed by atoms with Crippen LogP contribution in [0, 0.1) is 10.1 Å². The third-order valence-electron chi connectivity index (χ3n) is 2.80. The van der Waals surface area contributed by atoms with Crippen molar-refractivity contribution in [3.05, 3.63) is 28.3 Å². The maximum absolute atomic E-state index is 10.9. The molecular weight excluding hydrogens is 248 g/mol. The molecule has 1 aromatic rings. The van der Waals surface area contributed by atoms with Crippen LogP contribution in [-0.2, 0) is 0 Å². The lowest BCUT2D eigenvalue weighted by atomic mass is 10.1. The fourth-order valence-electron chi connectivity index (χ4n) is 1.80. The summed E-state index contributed by atoms with van der Waals surface area (Å²) < 4.78 is 5.28. The van der Waals surface area contributed by atoms with Gasteiger partial charge in [-0.3, -0.25) is 10.1 Å². The minimum absolute atomic E-state index is 0.0393. The molecule has 0 aliphatic carbocycles. The predicted molar refractivity (Wildman–Crippen MR) is 73.7 cm³/mol. The zero-order valence-corrected chi connectivity index (χ0v) is 11.3. The smallest absolute Gasteiger partial charge is 0.311 e. The Hall–Kier alpha value is -1.82. The Labute approximate surface area is 112 Å². The first kappa shape index (κ1) is 15.2. The lowest BCUT2D eigenvalue weighted by molar-refractivity contribution is -0.385. The number of rotatable bonds is 8. The number of nitro benzene ring substituents is 1. The van der Waals surface area contributed by atoms with E-state index in [0.29, 0.717) is 13.0 Å². The maximum atomic E-state index is 10.9. The van der Waals surface area contributed by atoms with Gasteiger partial charge in [0.05, 0.1) is 11.5 Å². The van der Waals surface area contributed by atoms with E-state index in [0.717, 1.165) is 12.1 Å². The third-order valence-corrected chi connectivity index (χ3v) is 2.80. The summed E-state index contributed by atoms with van der Waals surface area (Å²) in [5, 5.41) is 23.0. The number of hydrogen-bond acceptors (Lipinski definition) is 5. The zero-order valence-electron chi connectivity index (χ0n) is 11.3. The van der Waals surface area contributed by atoms with E-state index in [-0.39, 0.29) is 24.1 Å². The molecule has 2 N–H and O–H groups in total. The van der Waals surface area contributed by atoms with Crippen LogP contribution in [0.2, 0.25) is 0 Å². The molecule has 1 unspecified atom stereocenters. The van der Waals surface area contributed by atoms with Gasteiger partial charge >= 0.3 is 5.69 Å². The summed E-state index contributed by atoms with van der Waals surface area (Å²) in [6.07, 6.45) is 1.50. The largest absolute Gasteiger partial charge is 0.487 e. The van der Waals surface area contributed by atoms with Crippen molar-refractivity contribution < 1.29 is 14.8 Å². The van der Waals surface area contributed by atoms with Gasteiger partial charge in [0.15, 0.2) is 5.75 Å². The Morgan fingerprint density at radius 2 is 2.21 bits per heavy atom. The van der Waals surface area contributed by atoms with Crippen LogP contribution in [0.15, 0.2) is 18.2 Å². The fourth-order valence-corrected chi connectivity index (χ4v) is 1.80. The van der Waals surface area contributed by atoms with E-state index in [9.17, 15) is 10.1 Å². The number of nitro groups is 1. The van der Waals surface area contributed by atoms with E-state index in [1.165, 1.54) is 6.07 Å². The summed E-state index contributed by atoms with van der Waals surface area (Å²) in [5.74, 6) is 0.261. The van der Waals surface area contributed by atoms with Gasteiger partial charge in [-0.15, -0.1) is 0 Å². The second kappa shape index (κ2) is 7.58. The molecule has 1 aromatic carbocycles. The average molecular weight is 268 g/mol. The number of nitrogens with one attached hydrogen (secondary N) is 1. The van der Waals surface area contributed by atoms with Gasteiger partial charge in [-0.2, -0.15) is 0 Å². The van der Waals surface area contributed by atoms with Crippen molar-refractivity contribution in [1.82, 2.24) is 0 Å². The number of hydrogen-bond donors (Lipinski definition) is 2. The van der Waals surface area contributed by atoms with Crippen LogP contribution >= 0.6 is 0 Å². The van der Waals surface area contributed by atoms with Crippen molar-refractivity contribution in [3.8, 4) is 5.75 Å². The number of nitrogens with zero attached hydrogens (tertiary/aromatic N) is 1. The van der Waals surface area contributed by atoms with E-state index in [2.05, 4.69) is 5.32 Å². The van der Waals surface area contributed by atoms with E-state index >= 15 is 0 Å². The number of ether oxygens (including phenoxy) is 1. The standard InChI is InChI=1S/C13H20N2O4/c1-3-10(7-8-16)14-11-5-6-12(15(17)18)13(9-11)19-4-2/h5-6,9-10,14,16H,3-4,7-8H2,1-2H3. The summed E-state index contributed by atoms with van der Waals surface area (Å²) in [6.45, 7) is 4.28. The Morgan fingerprint density at radius 1 is 1.47 bits per heavy atom. The highest BCUT2D eigenvalue weighted by atomic mass is 16.6. The third kappa shape index (κ3) is 4.40. The van der Waals surface area contributed by atoms with Gasteiger partial charge in [-0.1, -0.05) is 6.92 Å². The SMILES string of the molecule is CCOc1cc(NC(CC)CCO)ccc1[N+](=O)[O-]. The van der Waals surface area contributed by atoms with E-state index in [1.54, 1.807) is 19.1 Å². The Bertz CT molecular complexity index is 423. The lowest BCUT2D eigenvalue weighted by Crippen LogP contribution is -2.19. The van der Waals surface area contributed by atoms with Crippen LogP contribution < -0.4 is 10.1 Å². The molecule has 0 saturated heterocycles. The molecule has 0 aliphatic heterocycles. The normalized spacial score (nSPS) is 11.9. The average Bonchev–Trinajstić information content (AvgIpc) is 2.38. The molecule has 0 saturated carbocycles. The molecule has 6 nitrogen and oxygen atoms in total. The van der Waals surface area contributed by atoms with Gasteiger partial charge < -0.3 is 15.2 Å². The van der Waals surface area contributed by atoms with Crippen LogP contribution in [0.5, 0.6) is 5.75 Å². The monoisotopic (exact) mass is 268 g/mol. The summed E-state index contributed by atoms with van der Waals surface area (Å²) in [6, 6.07) is 4.85. The highest BCUT2D eigenvalue weighted by molar-refractivity contribution is 5.58. The van der Waals surface area contributed by atoms with Crippen LogP contribution in [0.25, 0.3) is 0 Å². The number of aliphatic hydroxyl groups excluding tert-OH is 1. The minimum atomic E-state index is -0.459. The van der Waals surface area contributed by atoms with Gasteiger partial charge in [0.25, 0.3) is 0 Å². The topological polar surface area (TPSA) is 84.6 Å². The molecule has 1 rings (SSSR count). The maximum Gasteiger partial charge on any atom is 0.311 e. The van der Waals surface area contributed by atoms with Crippen LogP contribution in [0.4, 0.5) is 11.4 Å². The molecule has 0 fully saturated rings. The molecule has 0 aliphatic rings. The summed E-state index contributed by atoms with van der Waals surface area (Å²) in [5.41, 5.74) is 0.719. The summed E-state index contributed by atoms with van der Waals surface area (Å²) in [4.78, 5) is 10.4. The highest BCUT2D eigenvalue weighted by Gasteiger charge is 2.16. The van der Waals surface area contributed by atoms with E-state index < -0.39 is 4.92 Å². The molecule has 1 atom stereocenters. The molecule has 0 bridgehead atoms. The molecule has 0 spiro atoms. The molecule has 106 valence electrons. The van der Waals surface area contributed by atoms with Crippen molar-refractivity contribution in [2.75, 3.05) is 18.5 Å². The van der Waals surface area contributed by atoms with Crippen LogP contribution in [0.1, 0.15) is 26.7 Å².